The first-order valence-electron chi connectivity index (χ1n) is 7.20. The van der Waals surface area contributed by atoms with Crippen molar-refractivity contribution in [2.24, 2.45) is 0 Å². The molecule has 0 bridgehead atoms. The number of anilines is 1. The summed E-state index contributed by atoms with van der Waals surface area (Å²) in [5.74, 6) is 0.770. The zero-order chi connectivity index (χ0) is 13.9. The number of nitrogens with one attached hydrogen (secondary N) is 1. The molecule has 1 aromatic carbocycles. The first-order valence-corrected chi connectivity index (χ1v) is 8.08. The van der Waals surface area contributed by atoms with E-state index in [4.69, 9.17) is 0 Å². The minimum absolute atomic E-state index is 0.564. The lowest BCUT2D eigenvalue weighted by Crippen LogP contribution is -1.95. The number of benzene rings is 1. The smallest absolute Gasteiger partial charge is 0.0702 e. The first kappa shape index (κ1) is 13.5. The summed E-state index contributed by atoms with van der Waals surface area (Å²) < 4.78 is 3.38. The lowest BCUT2D eigenvalue weighted by atomic mass is 10.1. The summed E-state index contributed by atoms with van der Waals surface area (Å²) in [4.78, 5) is 4.61. The maximum absolute atomic E-state index is 4.61. The van der Waals surface area contributed by atoms with E-state index >= 15 is 0 Å². The Labute approximate surface area is 125 Å². The molecule has 0 unspecified atom stereocenters. The fraction of sp³-hybridized carbons (Fsp3) is 0.353. The van der Waals surface area contributed by atoms with Crippen LogP contribution >= 0.6 is 11.9 Å². The number of pyridine rings is 1. The van der Waals surface area contributed by atoms with Crippen molar-refractivity contribution in [1.82, 2.24) is 4.98 Å². The van der Waals surface area contributed by atoms with Gasteiger partial charge in [-0.1, -0.05) is 32.0 Å². The number of hydrogen-bond donors (Lipinski definition) is 1. The molecule has 0 atom stereocenters. The van der Waals surface area contributed by atoms with Crippen LogP contribution in [0.15, 0.2) is 42.6 Å². The fourth-order valence-corrected chi connectivity index (χ4v) is 2.66. The molecule has 104 valence electrons. The Morgan fingerprint density at radius 3 is 2.70 bits per heavy atom. The van der Waals surface area contributed by atoms with Crippen LogP contribution < -0.4 is 4.72 Å². The van der Waals surface area contributed by atoms with Crippen LogP contribution in [0, 0.1) is 0 Å². The summed E-state index contributed by atoms with van der Waals surface area (Å²) in [5.41, 5.74) is 4.74. The molecule has 20 heavy (non-hydrogen) atoms. The molecule has 0 radical (unpaired) electrons. The highest BCUT2D eigenvalue weighted by Gasteiger charge is 2.23. The van der Waals surface area contributed by atoms with Crippen molar-refractivity contribution < 1.29 is 0 Å². The van der Waals surface area contributed by atoms with Gasteiger partial charge >= 0.3 is 0 Å². The first-order chi connectivity index (χ1) is 9.72. The summed E-state index contributed by atoms with van der Waals surface area (Å²) in [6.07, 6.45) is 4.69. The standard InChI is InChI=1S/C17H20N2S/c1-12(2)20-19-16-5-3-4-14(10-16)17-9-8-15(11-18-17)13-6-7-13/h3-5,8-13,19H,6-7H2,1-2H3. The van der Waals surface area contributed by atoms with E-state index in [1.54, 1.807) is 11.9 Å². The van der Waals surface area contributed by atoms with Crippen LogP contribution in [0.2, 0.25) is 0 Å². The Bertz CT molecular complexity index is 574. The molecule has 3 heteroatoms. The maximum atomic E-state index is 4.61. The highest BCUT2D eigenvalue weighted by Crippen LogP contribution is 2.40. The SMILES string of the molecule is CC(C)SNc1cccc(-c2ccc(C3CC3)cn2)c1. The zero-order valence-corrected chi connectivity index (χ0v) is 12.8. The van der Waals surface area contributed by atoms with Crippen molar-refractivity contribution in [3.63, 3.8) is 0 Å². The van der Waals surface area contributed by atoms with E-state index in [0.717, 1.165) is 17.3 Å². The van der Waals surface area contributed by atoms with Gasteiger partial charge in [0.1, 0.15) is 0 Å². The summed E-state index contributed by atoms with van der Waals surface area (Å²) >= 11 is 1.73. The Hall–Kier alpha value is -1.48. The monoisotopic (exact) mass is 284 g/mol. The quantitative estimate of drug-likeness (QED) is 0.774. The topological polar surface area (TPSA) is 24.9 Å². The Morgan fingerprint density at radius 2 is 2.05 bits per heavy atom. The molecule has 0 amide bonds. The van der Waals surface area contributed by atoms with Crippen LogP contribution in [0.5, 0.6) is 0 Å². The molecule has 2 aromatic rings. The van der Waals surface area contributed by atoms with Gasteiger partial charge < -0.3 is 4.72 Å². The minimum atomic E-state index is 0.564. The van der Waals surface area contributed by atoms with Crippen molar-refractivity contribution >= 4 is 17.6 Å². The van der Waals surface area contributed by atoms with E-state index in [0.29, 0.717) is 5.25 Å². The third kappa shape index (κ3) is 3.34. The molecule has 0 saturated heterocycles. The molecule has 0 spiro atoms. The van der Waals surface area contributed by atoms with Gasteiger partial charge in [0.15, 0.2) is 0 Å². The van der Waals surface area contributed by atoms with Crippen LogP contribution in [0.4, 0.5) is 5.69 Å². The summed E-state index contributed by atoms with van der Waals surface area (Å²) in [6, 6.07) is 12.8. The van der Waals surface area contributed by atoms with Crippen LogP contribution in [-0.2, 0) is 0 Å². The summed E-state index contributed by atoms with van der Waals surface area (Å²) in [7, 11) is 0. The summed E-state index contributed by atoms with van der Waals surface area (Å²) in [6.45, 7) is 4.36. The highest BCUT2D eigenvalue weighted by atomic mass is 32.2. The van der Waals surface area contributed by atoms with Crippen molar-refractivity contribution in [2.45, 2.75) is 37.9 Å². The van der Waals surface area contributed by atoms with Crippen molar-refractivity contribution in [2.75, 3.05) is 4.72 Å². The highest BCUT2D eigenvalue weighted by molar-refractivity contribution is 8.01. The minimum Gasteiger partial charge on any atom is -0.330 e. The molecule has 1 N–H and O–H groups in total. The third-order valence-corrected chi connectivity index (χ3v) is 4.23. The van der Waals surface area contributed by atoms with Gasteiger partial charge in [-0.2, -0.15) is 0 Å². The van der Waals surface area contributed by atoms with Crippen LogP contribution in [-0.4, -0.2) is 10.2 Å². The molecule has 0 aliphatic heterocycles. The van der Waals surface area contributed by atoms with Crippen molar-refractivity contribution in [1.29, 1.82) is 0 Å². The average molecular weight is 284 g/mol. The molecule has 1 saturated carbocycles. The van der Waals surface area contributed by atoms with E-state index in [1.165, 1.54) is 24.0 Å². The lowest BCUT2D eigenvalue weighted by molar-refractivity contribution is 1.10. The maximum Gasteiger partial charge on any atom is 0.0702 e. The largest absolute Gasteiger partial charge is 0.330 e. The average Bonchev–Trinajstić information content (AvgIpc) is 3.30. The molecule has 1 heterocycles. The van der Waals surface area contributed by atoms with Gasteiger partial charge in [-0.25, -0.2) is 0 Å². The van der Waals surface area contributed by atoms with E-state index in [9.17, 15) is 0 Å². The zero-order valence-electron chi connectivity index (χ0n) is 12.0. The predicted octanol–water partition coefficient (Wildman–Crippen LogP) is 5.09. The second-order valence-electron chi connectivity index (χ2n) is 5.60. The molecule has 1 aliphatic carbocycles. The van der Waals surface area contributed by atoms with E-state index < -0.39 is 0 Å². The second-order valence-corrected chi connectivity index (χ2v) is 6.98. The van der Waals surface area contributed by atoms with Crippen LogP contribution in [0.1, 0.15) is 38.2 Å². The lowest BCUT2D eigenvalue weighted by Gasteiger charge is -2.09. The molecular formula is C17H20N2S. The number of rotatable bonds is 5. The van der Waals surface area contributed by atoms with Crippen molar-refractivity contribution in [3.8, 4) is 11.3 Å². The van der Waals surface area contributed by atoms with Gasteiger partial charge in [0.2, 0.25) is 0 Å². The normalized spacial score (nSPS) is 14.6. The van der Waals surface area contributed by atoms with Crippen LogP contribution in [0.3, 0.4) is 0 Å². The van der Waals surface area contributed by atoms with Gasteiger partial charge in [-0.15, -0.1) is 0 Å². The van der Waals surface area contributed by atoms with Gasteiger partial charge in [-0.05, 0) is 54.5 Å². The number of nitrogens with zero attached hydrogens (tertiary/aromatic N) is 1. The van der Waals surface area contributed by atoms with E-state index in [1.807, 2.05) is 6.20 Å². The van der Waals surface area contributed by atoms with Gasteiger partial charge in [0, 0.05) is 22.7 Å². The van der Waals surface area contributed by atoms with Crippen molar-refractivity contribution in [3.05, 3.63) is 48.2 Å². The summed E-state index contributed by atoms with van der Waals surface area (Å²) in [5, 5.41) is 0.564. The van der Waals surface area contributed by atoms with Gasteiger partial charge in [-0.3, -0.25) is 4.98 Å². The Kier molecular flexibility index (Phi) is 3.97. The van der Waals surface area contributed by atoms with Gasteiger partial charge in [0.05, 0.1) is 5.69 Å². The van der Waals surface area contributed by atoms with Crippen LogP contribution in [0.25, 0.3) is 11.3 Å². The Morgan fingerprint density at radius 1 is 1.20 bits per heavy atom. The molecule has 3 rings (SSSR count). The van der Waals surface area contributed by atoms with E-state index in [-0.39, 0.29) is 0 Å². The number of hydrogen-bond acceptors (Lipinski definition) is 3. The Balaban J connectivity index is 1.76. The van der Waals surface area contributed by atoms with E-state index in [2.05, 4.69) is 60.0 Å². The fourth-order valence-electron chi connectivity index (χ4n) is 2.16. The molecule has 1 aromatic heterocycles. The molecule has 2 nitrogen and oxygen atoms in total. The molecule has 1 fully saturated rings. The third-order valence-electron chi connectivity index (χ3n) is 3.41. The predicted molar refractivity (Wildman–Crippen MR) is 88.0 cm³/mol. The van der Waals surface area contributed by atoms with Gasteiger partial charge in [0.25, 0.3) is 0 Å². The molecule has 1 aliphatic rings. The molecular weight excluding hydrogens is 264 g/mol. The second kappa shape index (κ2) is 5.88. The number of aromatic nitrogens is 1.